The molecule has 0 N–H and O–H groups in total. The number of benzene rings is 2. The van der Waals surface area contributed by atoms with Crippen LogP contribution in [-0.4, -0.2) is 5.78 Å². The van der Waals surface area contributed by atoms with Gasteiger partial charge in [0.15, 0.2) is 5.78 Å². The molecule has 0 aromatic heterocycles. The van der Waals surface area contributed by atoms with E-state index in [1.807, 2.05) is 54.6 Å². The minimum atomic E-state index is 0.177. The monoisotopic (exact) mass is 282 g/mol. The van der Waals surface area contributed by atoms with Crippen molar-refractivity contribution in [3.63, 3.8) is 0 Å². The molecular formula is C18H15ClO. The number of halogens is 1. The van der Waals surface area contributed by atoms with Crippen molar-refractivity contribution in [3.8, 4) is 0 Å². The van der Waals surface area contributed by atoms with Crippen molar-refractivity contribution >= 4 is 23.0 Å². The summed E-state index contributed by atoms with van der Waals surface area (Å²) in [6.45, 7) is 0. The van der Waals surface area contributed by atoms with E-state index in [1.54, 1.807) is 6.08 Å². The van der Waals surface area contributed by atoms with Crippen molar-refractivity contribution in [1.82, 2.24) is 0 Å². The second-order valence-electron chi connectivity index (χ2n) is 5.13. The smallest absolute Gasteiger partial charge is 0.156 e. The van der Waals surface area contributed by atoms with E-state index in [0.29, 0.717) is 6.42 Å². The van der Waals surface area contributed by atoms with Crippen molar-refractivity contribution in [2.75, 3.05) is 0 Å². The molecule has 20 heavy (non-hydrogen) atoms. The van der Waals surface area contributed by atoms with Gasteiger partial charge in [0.05, 0.1) is 0 Å². The van der Waals surface area contributed by atoms with Crippen molar-refractivity contribution in [1.29, 1.82) is 0 Å². The summed E-state index contributed by atoms with van der Waals surface area (Å²) >= 11 is 6.27. The zero-order valence-corrected chi connectivity index (χ0v) is 11.8. The van der Waals surface area contributed by atoms with Gasteiger partial charge in [-0.2, -0.15) is 0 Å². The lowest BCUT2D eigenvalue weighted by atomic mass is 9.81. The Hall–Kier alpha value is -1.86. The highest BCUT2D eigenvalue weighted by Crippen LogP contribution is 2.38. The molecule has 0 unspecified atom stereocenters. The fourth-order valence-corrected chi connectivity index (χ4v) is 3.06. The van der Waals surface area contributed by atoms with Gasteiger partial charge in [0.1, 0.15) is 0 Å². The average molecular weight is 283 g/mol. The van der Waals surface area contributed by atoms with E-state index in [4.69, 9.17) is 11.6 Å². The molecule has 0 spiro atoms. The van der Waals surface area contributed by atoms with Gasteiger partial charge in [-0.3, -0.25) is 4.79 Å². The maximum atomic E-state index is 12.0. The highest BCUT2D eigenvalue weighted by molar-refractivity contribution is 6.31. The minimum absolute atomic E-state index is 0.177. The van der Waals surface area contributed by atoms with Crippen molar-refractivity contribution in [3.05, 3.63) is 76.8 Å². The summed E-state index contributed by atoms with van der Waals surface area (Å²) in [5, 5.41) is 0.750. The first kappa shape index (κ1) is 13.1. The van der Waals surface area contributed by atoms with Gasteiger partial charge in [-0.15, -0.1) is 0 Å². The lowest BCUT2D eigenvalue weighted by Crippen LogP contribution is -2.12. The third-order valence-corrected chi connectivity index (χ3v) is 4.08. The van der Waals surface area contributed by atoms with Crippen LogP contribution in [0.2, 0.25) is 5.02 Å². The summed E-state index contributed by atoms with van der Waals surface area (Å²) in [6, 6.07) is 17.9. The summed E-state index contributed by atoms with van der Waals surface area (Å²) in [5.74, 6) is 0.358. The molecule has 0 fully saturated rings. The van der Waals surface area contributed by atoms with Gasteiger partial charge in [-0.25, -0.2) is 0 Å². The Morgan fingerprint density at radius 1 is 0.900 bits per heavy atom. The number of carbonyl (C=O) groups excluding carboxylic acids is 1. The Labute approximate surface area is 123 Å². The highest BCUT2D eigenvalue weighted by Gasteiger charge is 2.24. The maximum Gasteiger partial charge on any atom is 0.156 e. The number of hydrogen-bond donors (Lipinski definition) is 0. The zero-order chi connectivity index (χ0) is 13.9. The fourth-order valence-electron chi connectivity index (χ4n) is 2.77. The topological polar surface area (TPSA) is 17.1 Å². The number of hydrogen-bond acceptors (Lipinski definition) is 1. The Balaban J connectivity index is 1.93. The Morgan fingerprint density at radius 3 is 2.35 bits per heavy atom. The van der Waals surface area contributed by atoms with Crippen LogP contribution in [0.5, 0.6) is 0 Å². The molecule has 100 valence electrons. The third-order valence-electron chi connectivity index (χ3n) is 3.74. The van der Waals surface area contributed by atoms with Crippen LogP contribution in [0.3, 0.4) is 0 Å². The molecular weight excluding hydrogens is 268 g/mol. The van der Waals surface area contributed by atoms with Gasteiger partial charge in [0.25, 0.3) is 0 Å². The lowest BCUT2D eigenvalue weighted by Gasteiger charge is -2.23. The van der Waals surface area contributed by atoms with E-state index in [9.17, 15) is 4.79 Å². The zero-order valence-electron chi connectivity index (χ0n) is 11.1. The van der Waals surface area contributed by atoms with Crippen LogP contribution in [0.25, 0.3) is 5.57 Å². The van der Waals surface area contributed by atoms with Crippen LogP contribution in [0.1, 0.15) is 29.9 Å². The van der Waals surface area contributed by atoms with Gasteiger partial charge >= 0.3 is 0 Å². The summed E-state index contributed by atoms with van der Waals surface area (Å²) in [4.78, 5) is 12.0. The molecule has 0 bridgehead atoms. The third kappa shape index (κ3) is 2.68. The first-order valence-corrected chi connectivity index (χ1v) is 7.15. The molecule has 2 aromatic carbocycles. The first-order chi connectivity index (χ1) is 9.74. The summed E-state index contributed by atoms with van der Waals surface area (Å²) < 4.78 is 0. The van der Waals surface area contributed by atoms with Crippen LogP contribution in [0, 0.1) is 0 Å². The van der Waals surface area contributed by atoms with Gasteiger partial charge in [-0.1, -0.05) is 60.1 Å². The summed E-state index contributed by atoms with van der Waals surface area (Å²) in [7, 11) is 0. The fraction of sp³-hybridized carbons (Fsp3) is 0.167. The maximum absolute atomic E-state index is 12.0. The molecule has 0 heterocycles. The van der Waals surface area contributed by atoms with Gasteiger partial charge < -0.3 is 0 Å². The SMILES string of the molecule is O=C1C=C(c2ccccc2)C[C@H](c2ccccc2Cl)C1. The van der Waals surface area contributed by atoms with Gasteiger partial charge in [0.2, 0.25) is 0 Å². The summed E-state index contributed by atoms with van der Waals surface area (Å²) in [6.07, 6.45) is 3.18. The van der Waals surface area contributed by atoms with E-state index in [1.165, 1.54) is 0 Å². The molecule has 2 aromatic rings. The van der Waals surface area contributed by atoms with E-state index >= 15 is 0 Å². The molecule has 0 saturated carbocycles. The number of carbonyl (C=O) groups is 1. The normalized spacial score (nSPS) is 18.8. The quantitative estimate of drug-likeness (QED) is 0.768. The predicted octanol–water partition coefficient (Wildman–Crippen LogP) is 4.87. The van der Waals surface area contributed by atoms with Crippen LogP contribution in [-0.2, 0) is 4.79 Å². The standard InChI is InChI=1S/C18H15ClO/c19-18-9-5-4-8-17(18)15-10-14(11-16(20)12-15)13-6-2-1-3-7-13/h1-9,11,15H,10,12H2/t15-/m0/s1. The molecule has 0 amide bonds. The molecule has 1 aliphatic rings. The number of rotatable bonds is 2. The van der Waals surface area contributed by atoms with E-state index in [2.05, 4.69) is 0 Å². The highest BCUT2D eigenvalue weighted by atomic mass is 35.5. The molecule has 1 atom stereocenters. The minimum Gasteiger partial charge on any atom is -0.295 e. The Bertz CT molecular complexity index is 658. The van der Waals surface area contributed by atoms with Crippen LogP contribution >= 0.6 is 11.6 Å². The molecule has 3 rings (SSSR count). The van der Waals surface area contributed by atoms with Crippen LogP contribution < -0.4 is 0 Å². The second kappa shape index (κ2) is 5.64. The van der Waals surface area contributed by atoms with Crippen molar-refractivity contribution in [2.45, 2.75) is 18.8 Å². The predicted molar refractivity (Wildman–Crippen MR) is 82.9 cm³/mol. The summed E-state index contributed by atoms with van der Waals surface area (Å²) in [5.41, 5.74) is 3.30. The lowest BCUT2D eigenvalue weighted by molar-refractivity contribution is -0.115. The molecule has 0 aliphatic heterocycles. The molecule has 1 nitrogen and oxygen atoms in total. The molecule has 2 heteroatoms. The van der Waals surface area contributed by atoms with Crippen molar-refractivity contribution < 1.29 is 4.79 Å². The van der Waals surface area contributed by atoms with E-state index < -0.39 is 0 Å². The number of allylic oxidation sites excluding steroid dienone is 2. The first-order valence-electron chi connectivity index (χ1n) is 6.77. The Morgan fingerprint density at radius 2 is 1.60 bits per heavy atom. The molecule has 0 saturated heterocycles. The second-order valence-corrected chi connectivity index (χ2v) is 5.54. The van der Waals surface area contributed by atoms with E-state index in [-0.39, 0.29) is 11.7 Å². The Kier molecular flexibility index (Phi) is 3.70. The van der Waals surface area contributed by atoms with Crippen LogP contribution in [0.15, 0.2) is 60.7 Å². The van der Waals surface area contributed by atoms with Gasteiger partial charge in [-0.05, 0) is 41.2 Å². The van der Waals surface area contributed by atoms with Crippen LogP contribution in [0.4, 0.5) is 0 Å². The van der Waals surface area contributed by atoms with E-state index in [0.717, 1.165) is 28.1 Å². The molecule has 1 aliphatic carbocycles. The van der Waals surface area contributed by atoms with Gasteiger partial charge in [0, 0.05) is 11.4 Å². The molecule has 0 radical (unpaired) electrons. The van der Waals surface area contributed by atoms with Crippen molar-refractivity contribution in [2.24, 2.45) is 0 Å². The largest absolute Gasteiger partial charge is 0.295 e. The average Bonchev–Trinajstić information content (AvgIpc) is 2.48. The number of ketones is 1.